The molecule has 0 fully saturated rings. The monoisotopic (exact) mass is 1410 g/mol. The van der Waals surface area contributed by atoms with E-state index in [4.69, 9.17) is 49.3 Å². The van der Waals surface area contributed by atoms with Crippen molar-refractivity contribution in [1.29, 1.82) is 0 Å². The summed E-state index contributed by atoms with van der Waals surface area (Å²) in [7, 11) is 2.74. The summed E-state index contributed by atoms with van der Waals surface area (Å²) in [5.41, 5.74) is 19.5. The van der Waals surface area contributed by atoms with Gasteiger partial charge >= 0.3 is 44.9 Å². The number of nitrogens with zero attached hydrogens (tertiary/aromatic N) is 10. The molecule has 18 nitrogen and oxygen atoms in total. The van der Waals surface area contributed by atoms with E-state index in [1.165, 1.54) is 24.0 Å². The Morgan fingerprint density at radius 1 is 0.459 bits per heavy atom. The van der Waals surface area contributed by atoms with Crippen molar-refractivity contribution < 1.29 is 71.2 Å². The number of imide groups is 2. The number of hydrogen-bond donors (Lipinski definition) is 0. The van der Waals surface area contributed by atoms with Crippen LogP contribution in [0, 0.1) is 27.7 Å². The Morgan fingerprint density at radius 2 is 0.816 bits per heavy atom. The standard InChI is InChI=1S/C78H90N10O8.2Ni/c1-15-19-21-23-31-87-75(91)67-45(11)59-37-61-47(17-3)39(5)55(79-61)35-63-49(41(7)53(81-63)33-57-43(9)51(27-29-65(89)95-13)71(83-57)69(77(87)93)73(67)85-59)25-26-50-42(8)54-34-58-44(10)52(28-30-66(90)96-14)72(84-58)70-74-68(76(92)88(78(70)94)32-24-22-20-16-2)46(12)60(86-74)38-62-48(18-4)40(6)56(80-62)36-64(50)82-54;;/h25-26,33-38,43-44,51-52H,15-24,27-32H2,1-14H3,(H4,79,80,81,82,83,84,85,86,91,92,93,94);;/q;2*+2/p-4/t43-,44-,51-,52-;;/m0../s1. The van der Waals surface area contributed by atoms with Crippen molar-refractivity contribution in [2.75, 3.05) is 27.3 Å². The van der Waals surface area contributed by atoms with E-state index in [9.17, 15) is 19.2 Å². The van der Waals surface area contributed by atoms with Gasteiger partial charge in [-0.05, 0) is 113 Å². The summed E-state index contributed by atoms with van der Waals surface area (Å²) in [5, 5.41) is 0. The van der Waals surface area contributed by atoms with Crippen LogP contribution in [0.4, 0.5) is 0 Å². The van der Waals surface area contributed by atoms with Crippen molar-refractivity contribution in [2.24, 2.45) is 0 Å². The minimum absolute atomic E-state index is 0. The summed E-state index contributed by atoms with van der Waals surface area (Å²) >= 11 is 0. The van der Waals surface area contributed by atoms with Crippen molar-refractivity contribution in [3.63, 3.8) is 0 Å². The molecule has 0 saturated heterocycles. The number of allylic oxidation sites excluding steroid dienone is 4. The fraction of sp³-hybridized carbons (Fsp3) is 0.436. The largest absolute Gasteiger partial charge is 2.00 e. The van der Waals surface area contributed by atoms with Gasteiger partial charge in [0.05, 0.1) is 48.4 Å². The molecule has 0 aromatic carbocycles. The third-order valence-corrected chi connectivity index (χ3v) is 21.0. The van der Waals surface area contributed by atoms with E-state index in [1.807, 2.05) is 64.1 Å². The summed E-state index contributed by atoms with van der Waals surface area (Å²) in [4.78, 5) is 131. The van der Waals surface area contributed by atoms with Crippen LogP contribution in [0.5, 0.6) is 0 Å². The number of fused-ring (bicyclic) bond motifs is 16. The molecular weight excluding hydrogens is 1320 g/mol. The average molecular weight is 1410 g/mol. The number of amides is 4. The summed E-state index contributed by atoms with van der Waals surface area (Å²) in [5.74, 6) is -3.83. The Bertz CT molecular complexity index is 4450. The molecule has 0 N–H and O–H groups in total. The van der Waals surface area contributed by atoms with Gasteiger partial charge in [-0.25, -0.2) is 9.97 Å². The Labute approximate surface area is 593 Å². The summed E-state index contributed by atoms with van der Waals surface area (Å²) in [6, 6.07) is 11.9. The number of esters is 2. The Kier molecular flexibility index (Phi) is 21.9. The number of aryl methyl sites for hydroxylation is 4. The fourth-order valence-corrected chi connectivity index (χ4v) is 15.1. The summed E-state index contributed by atoms with van der Waals surface area (Å²) in [6.07, 6.45) is 13.3. The van der Waals surface area contributed by atoms with Crippen LogP contribution in [-0.2, 0) is 52.0 Å². The molecule has 16 bridgehead atoms. The van der Waals surface area contributed by atoms with Crippen molar-refractivity contribution in [1.82, 2.24) is 49.7 Å². The SMILES string of the molecule is CCCCCCN1C(=O)c2c3nc(cc4[n-]c(cc5nc(cc6[n-]c2c(c6C)C1=O)C(CC)=C5C)c(/C=C/c1c(C)c2cc5nc(c6c7[n-]c(cc8nc(cc1[n-]2)C(C)=C8CC)c(C)c7C(=O)N(CCCCCC)C6=O)[C@@H](CCC(=O)OC)[C@@H]5C)c4C)[C@@H](C)[C@@H]3CCC(=O)OC.[Ni+2].[Ni+2]. The Balaban J connectivity index is 0.00000520. The zero-order valence-corrected chi connectivity index (χ0v) is 60.6. The molecule has 0 saturated carbocycles. The number of rotatable bonds is 20. The maximum Gasteiger partial charge on any atom is 2.00 e. The van der Waals surface area contributed by atoms with Gasteiger partial charge in [-0.3, -0.25) is 48.5 Å². The molecule has 6 aromatic heterocycles. The van der Waals surface area contributed by atoms with E-state index in [0.29, 0.717) is 139 Å². The van der Waals surface area contributed by atoms with E-state index >= 15 is 9.59 Å². The van der Waals surface area contributed by atoms with Crippen molar-refractivity contribution >= 4 is 114 Å². The molecule has 516 valence electrons. The maximum absolute atomic E-state index is 15.2. The number of aromatic nitrogens is 8. The maximum atomic E-state index is 15.2. The molecule has 6 aliphatic heterocycles. The number of carbonyl (C=O) groups is 6. The molecule has 20 heteroatoms. The molecule has 0 spiro atoms. The molecule has 0 unspecified atom stereocenters. The van der Waals surface area contributed by atoms with Crippen molar-refractivity contribution in [3.8, 4) is 0 Å². The molecule has 12 heterocycles. The smallest absolute Gasteiger partial charge is 0.657 e. The zero-order valence-electron chi connectivity index (χ0n) is 58.6. The van der Waals surface area contributed by atoms with Gasteiger partial charge in [0.25, 0.3) is 23.6 Å². The quantitative estimate of drug-likeness (QED) is 0.0299. The van der Waals surface area contributed by atoms with Crippen LogP contribution in [0.15, 0.2) is 36.4 Å². The predicted molar refractivity (Wildman–Crippen MR) is 375 cm³/mol. The number of carbonyl (C=O) groups excluding carboxylic acids is 6. The predicted octanol–water partition coefficient (Wildman–Crippen LogP) is 15.6. The normalized spacial score (nSPS) is 17.4. The molecule has 12 rings (SSSR count). The first-order chi connectivity index (χ1) is 46.2. The molecule has 0 radical (unpaired) electrons. The molecule has 4 atom stereocenters. The number of unbranched alkanes of at least 4 members (excludes halogenated alkanes) is 6. The fourth-order valence-electron chi connectivity index (χ4n) is 15.1. The van der Waals surface area contributed by atoms with E-state index in [2.05, 4.69) is 67.5 Å². The van der Waals surface area contributed by atoms with Crippen LogP contribution >= 0.6 is 0 Å². The first-order valence-electron chi connectivity index (χ1n) is 34.5. The number of hydrogen-bond acceptors (Lipinski definition) is 12. The average Bonchev–Trinajstić information content (AvgIpc) is 1.53. The number of ether oxygens (including phenoxy) is 2. The van der Waals surface area contributed by atoms with Gasteiger partial charge in [-0.1, -0.05) is 151 Å². The van der Waals surface area contributed by atoms with Gasteiger partial charge in [0.1, 0.15) is 0 Å². The molecule has 6 aromatic rings. The second kappa shape index (κ2) is 29.6. The third-order valence-electron chi connectivity index (χ3n) is 21.0. The first-order valence-corrected chi connectivity index (χ1v) is 34.5. The van der Waals surface area contributed by atoms with Gasteiger partial charge in [0, 0.05) is 83.2 Å². The summed E-state index contributed by atoms with van der Waals surface area (Å²) in [6.45, 7) is 25.1. The topological polar surface area (TPSA) is 235 Å². The van der Waals surface area contributed by atoms with Crippen LogP contribution in [0.25, 0.3) is 78.6 Å². The Morgan fingerprint density at radius 3 is 1.17 bits per heavy atom. The molecule has 4 amide bonds. The van der Waals surface area contributed by atoms with E-state index in [0.717, 1.165) is 94.5 Å². The van der Waals surface area contributed by atoms with E-state index in [-0.39, 0.29) is 106 Å². The van der Waals surface area contributed by atoms with Gasteiger partial charge < -0.3 is 29.4 Å². The van der Waals surface area contributed by atoms with E-state index < -0.39 is 23.7 Å². The van der Waals surface area contributed by atoms with Crippen LogP contribution in [0.3, 0.4) is 0 Å². The van der Waals surface area contributed by atoms with Crippen molar-refractivity contribution in [3.05, 3.63) is 138 Å². The van der Waals surface area contributed by atoms with Gasteiger partial charge in [-0.15, -0.1) is 44.1 Å². The minimum atomic E-state index is -0.443. The van der Waals surface area contributed by atoms with Gasteiger partial charge in [-0.2, -0.15) is 0 Å². The van der Waals surface area contributed by atoms with Crippen LogP contribution in [-0.4, -0.2) is 92.6 Å². The third kappa shape index (κ3) is 12.8. The second-order valence-corrected chi connectivity index (χ2v) is 26.7. The van der Waals surface area contributed by atoms with Gasteiger partial charge in [0.2, 0.25) is 0 Å². The molecule has 0 aliphatic carbocycles. The molecule has 6 aliphatic rings. The molecular formula is C78H86N10Ni2O8. The number of methoxy groups -OCH3 is 2. The Hall–Kier alpha value is -8.33. The molecule has 98 heavy (non-hydrogen) atoms. The minimum Gasteiger partial charge on any atom is -0.657 e. The van der Waals surface area contributed by atoms with Crippen LogP contribution in [0.1, 0.15) is 289 Å². The summed E-state index contributed by atoms with van der Waals surface area (Å²) < 4.78 is 10.3. The van der Waals surface area contributed by atoms with Crippen molar-refractivity contribution in [2.45, 2.75) is 197 Å². The van der Waals surface area contributed by atoms with Crippen LogP contribution in [0.2, 0.25) is 0 Å². The first kappa shape index (κ1) is 72.4. The van der Waals surface area contributed by atoms with Crippen LogP contribution < -0.4 is 19.9 Å². The van der Waals surface area contributed by atoms with Gasteiger partial charge in [0.15, 0.2) is 0 Å². The zero-order chi connectivity index (χ0) is 68.3. The second-order valence-electron chi connectivity index (χ2n) is 26.7. The van der Waals surface area contributed by atoms with E-state index in [1.54, 1.807) is 0 Å².